The molecule has 0 heterocycles. The molecule has 0 spiro atoms. The van der Waals surface area contributed by atoms with E-state index in [0.717, 1.165) is 17.0 Å². The average molecular weight is 296 g/mol. The van der Waals surface area contributed by atoms with Crippen molar-refractivity contribution in [2.45, 2.75) is 63.5 Å². The lowest BCUT2D eigenvalue weighted by molar-refractivity contribution is 0.137. The second-order valence-electron chi connectivity index (χ2n) is 5.94. The lowest BCUT2D eigenvalue weighted by atomic mass is 9.86. The van der Waals surface area contributed by atoms with E-state index in [4.69, 9.17) is 11.6 Å². The van der Waals surface area contributed by atoms with E-state index in [0.29, 0.717) is 6.04 Å². The summed E-state index contributed by atoms with van der Waals surface area (Å²) in [6, 6.07) is 8.39. The second kappa shape index (κ2) is 7.44. The Morgan fingerprint density at radius 2 is 1.95 bits per heavy atom. The number of hydrogen-bond donors (Lipinski definition) is 2. The van der Waals surface area contributed by atoms with Gasteiger partial charge in [0.2, 0.25) is 0 Å². The number of halogens is 1. The van der Waals surface area contributed by atoms with Crippen LogP contribution in [0.2, 0.25) is 5.02 Å². The molecule has 1 aromatic carbocycles. The summed E-state index contributed by atoms with van der Waals surface area (Å²) in [6.07, 6.45) is 8.54. The summed E-state index contributed by atoms with van der Waals surface area (Å²) >= 11 is 6.12. The fourth-order valence-corrected chi connectivity index (χ4v) is 3.43. The van der Waals surface area contributed by atoms with E-state index in [-0.39, 0.29) is 12.1 Å². The summed E-state index contributed by atoms with van der Waals surface area (Å²) in [5, 5.41) is 14.5. The van der Waals surface area contributed by atoms with Gasteiger partial charge >= 0.3 is 0 Å². The molecule has 0 radical (unpaired) electrons. The topological polar surface area (TPSA) is 32.3 Å². The highest BCUT2D eigenvalue weighted by Gasteiger charge is 2.32. The lowest BCUT2D eigenvalue weighted by Crippen LogP contribution is -2.50. The fourth-order valence-electron chi connectivity index (χ4n) is 3.24. The van der Waals surface area contributed by atoms with Crippen molar-refractivity contribution in [1.29, 1.82) is 0 Å². The Labute approximate surface area is 127 Å². The van der Waals surface area contributed by atoms with E-state index >= 15 is 0 Å². The Bertz CT molecular complexity index is 409. The van der Waals surface area contributed by atoms with Crippen molar-refractivity contribution in [1.82, 2.24) is 5.32 Å². The highest BCUT2D eigenvalue weighted by Crippen LogP contribution is 2.29. The first-order valence-corrected chi connectivity index (χ1v) is 8.22. The molecule has 2 N–H and O–H groups in total. The van der Waals surface area contributed by atoms with Crippen LogP contribution in [0.1, 0.15) is 57.4 Å². The van der Waals surface area contributed by atoms with Crippen LogP contribution in [0, 0.1) is 0 Å². The van der Waals surface area contributed by atoms with E-state index in [9.17, 15) is 5.11 Å². The average Bonchev–Trinajstić information content (AvgIpc) is 2.73. The molecule has 1 saturated carbocycles. The number of rotatable bonds is 5. The van der Waals surface area contributed by atoms with Crippen LogP contribution in [0.5, 0.6) is 0 Å². The van der Waals surface area contributed by atoms with E-state index in [2.05, 4.69) is 18.3 Å². The van der Waals surface area contributed by atoms with E-state index in [1.54, 1.807) is 0 Å². The standard InChI is InChI=1S/C17H26ClNO/c1-2-17(13-20,14-8-7-9-15(18)12-14)19-16-10-5-3-4-6-11-16/h7-9,12,16,19-20H,2-6,10-11,13H2,1H3. The number of nitrogens with one attached hydrogen (secondary N) is 1. The van der Waals surface area contributed by atoms with Crippen LogP contribution in [0.4, 0.5) is 0 Å². The largest absolute Gasteiger partial charge is 0.394 e. The van der Waals surface area contributed by atoms with Crippen LogP contribution >= 0.6 is 11.6 Å². The van der Waals surface area contributed by atoms with Crippen LogP contribution in [-0.4, -0.2) is 17.8 Å². The summed E-state index contributed by atoms with van der Waals surface area (Å²) < 4.78 is 0. The van der Waals surface area contributed by atoms with Gasteiger partial charge in [0.25, 0.3) is 0 Å². The molecule has 1 aromatic rings. The first-order valence-electron chi connectivity index (χ1n) is 7.85. The van der Waals surface area contributed by atoms with Gasteiger partial charge in [-0.2, -0.15) is 0 Å². The Kier molecular flexibility index (Phi) is 5.88. The summed E-state index contributed by atoms with van der Waals surface area (Å²) in [5.41, 5.74) is 0.735. The third kappa shape index (κ3) is 3.75. The third-order valence-electron chi connectivity index (χ3n) is 4.59. The molecular formula is C17H26ClNO. The fraction of sp³-hybridized carbons (Fsp3) is 0.647. The highest BCUT2D eigenvalue weighted by molar-refractivity contribution is 6.30. The zero-order valence-electron chi connectivity index (χ0n) is 12.4. The summed E-state index contributed by atoms with van der Waals surface area (Å²) in [4.78, 5) is 0. The van der Waals surface area contributed by atoms with Crippen molar-refractivity contribution in [3.63, 3.8) is 0 Å². The van der Waals surface area contributed by atoms with Gasteiger partial charge in [-0.25, -0.2) is 0 Å². The predicted octanol–water partition coefficient (Wildman–Crippen LogP) is 4.25. The first-order chi connectivity index (χ1) is 9.70. The minimum absolute atomic E-state index is 0.111. The molecule has 1 atom stereocenters. The summed E-state index contributed by atoms with van der Waals surface area (Å²) in [6.45, 7) is 2.24. The monoisotopic (exact) mass is 295 g/mol. The molecule has 0 aliphatic heterocycles. The molecule has 3 heteroatoms. The first kappa shape index (κ1) is 15.8. The predicted molar refractivity (Wildman–Crippen MR) is 85.1 cm³/mol. The van der Waals surface area contributed by atoms with Crippen molar-refractivity contribution in [3.8, 4) is 0 Å². The van der Waals surface area contributed by atoms with Gasteiger partial charge in [-0.05, 0) is 37.0 Å². The van der Waals surface area contributed by atoms with Gasteiger partial charge in [-0.3, -0.25) is 0 Å². The maximum absolute atomic E-state index is 10.0. The van der Waals surface area contributed by atoms with Crippen molar-refractivity contribution >= 4 is 11.6 Å². The van der Waals surface area contributed by atoms with Crippen molar-refractivity contribution in [2.75, 3.05) is 6.61 Å². The van der Waals surface area contributed by atoms with E-state index < -0.39 is 0 Å². The van der Waals surface area contributed by atoms with Crippen LogP contribution in [-0.2, 0) is 5.54 Å². The highest BCUT2D eigenvalue weighted by atomic mass is 35.5. The van der Waals surface area contributed by atoms with Crippen molar-refractivity contribution < 1.29 is 5.11 Å². The molecule has 0 bridgehead atoms. The maximum Gasteiger partial charge on any atom is 0.0669 e. The zero-order valence-corrected chi connectivity index (χ0v) is 13.1. The van der Waals surface area contributed by atoms with Crippen LogP contribution in [0.3, 0.4) is 0 Å². The molecule has 0 amide bonds. The molecule has 112 valence electrons. The Balaban J connectivity index is 2.19. The van der Waals surface area contributed by atoms with Gasteiger partial charge in [-0.15, -0.1) is 0 Å². The molecule has 20 heavy (non-hydrogen) atoms. The Morgan fingerprint density at radius 3 is 2.50 bits per heavy atom. The van der Waals surface area contributed by atoms with Crippen molar-refractivity contribution in [3.05, 3.63) is 34.9 Å². The zero-order chi connectivity index (χ0) is 14.4. The summed E-state index contributed by atoms with van der Waals surface area (Å²) in [5.74, 6) is 0. The molecule has 1 aliphatic carbocycles. The van der Waals surface area contributed by atoms with Gasteiger partial charge in [0.15, 0.2) is 0 Å². The number of aliphatic hydroxyl groups is 1. The number of hydrogen-bond acceptors (Lipinski definition) is 2. The molecule has 1 fully saturated rings. The Morgan fingerprint density at radius 1 is 1.25 bits per heavy atom. The number of benzene rings is 1. The molecule has 1 aliphatic rings. The minimum atomic E-state index is -0.361. The van der Waals surface area contributed by atoms with Crippen LogP contribution in [0.15, 0.2) is 24.3 Å². The van der Waals surface area contributed by atoms with Crippen LogP contribution < -0.4 is 5.32 Å². The third-order valence-corrected chi connectivity index (χ3v) is 4.82. The molecule has 2 rings (SSSR count). The van der Waals surface area contributed by atoms with E-state index in [1.165, 1.54) is 38.5 Å². The molecule has 0 aromatic heterocycles. The van der Waals surface area contributed by atoms with Crippen LogP contribution in [0.25, 0.3) is 0 Å². The minimum Gasteiger partial charge on any atom is -0.394 e. The van der Waals surface area contributed by atoms with Gasteiger partial charge in [0, 0.05) is 11.1 Å². The smallest absolute Gasteiger partial charge is 0.0669 e. The van der Waals surface area contributed by atoms with Gasteiger partial charge in [0.1, 0.15) is 0 Å². The maximum atomic E-state index is 10.0. The van der Waals surface area contributed by atoms with Crippen molar-refractivity contribution in [2.24, 2.45) is 0 Å². The van der Waals surface area contributed by atoms with Gasteiger partial charge < -0.3 is 10.4 Å². The number of aliphatic hydroxyl groups excluding tert-OH is 1. The summed E-state index contributed by atoms with van der Waals surface area (Å²) in [7, 11) is 0. The molecule has 1 unspecified atom stereocenters. The van der Waals surface area contributed by atoms with E-state index in [1.807, 2.05) is 18.2 Å². The lowest BCUT2D eigenvalue weighted by Gasteiger charge is -2.37. The Hall–Kier alpha value is -0.570. The van der Waals surface area contributed by atoms with Gasteiger partial charge in [-0.1, -0.05) is 56.3 Å². The molecule has 2 nitrogen and oxygen atoms in total. The molecular weight excluding hydrogens is 270 g/mol. The normalized spacial score (nSPS) is 20.4. The second-order valence-corrected chi connectivity index (χ2v) is 6.37. The SMILES string of the molecule is CCC(CO)(NC1CCCCCC1)c1cccc(Cl)c1. The molecule has 0 saturated heterocycles. The van der Waals surface area contributed by atoms with Gasteiger partial charge in [0.05, 0.1) is 12.1 Å². The quantitative estimate of drug-likeness (QED) is 0.796.